The van der Waals surface area contributed by atoms with Gasteiger partial charge < -0.3 is 20.2 Å². The molecule has 15 heavy (non-hydrogen) atoms. The zero-order valence-corrected chi connectivity index (χ0v) is 9.15. The summed E-state index contributed by atoms with van der Waals surface area (Å²) in [5.41, 5.74) is 0. The van der Waals surface area contributed by atoms with Gasteiger partial charge in [0.2, 0.25) is 0 Å². The van der Waals surface area contributed by atoms with Crippen molar-refractivity contribution in [2.45, 2.75) is 25.0 Å². The van der Waals surface area contributed by atoms with Crippen LogP contribution in [-0.2, 0) is 0 Å². The molecule has 0 unspecified atom stereocenters. The summed E-state index contributed by atoms with van der Waals surface area (Å²) in [7, 11) is 1.93. The fourth-order valence-corrected chi connectivity index (χ4v) is 2.29. The largest absolute Gasteiger partial charge is 0.391 e. The van der Waals surface area contributed by atoms with E-state index in [0.717, 1.165) is 25.9 Å². The molecule has 2 aliphatic heterocycles. The van der Waals surface area contributed by atoms with Crippen LogP contribution < -0.4 is 5.32 Å². The van der Waals surface area contributed by atoms with Crippen molar-refractivity contribution in [1.29, 1.82) is 0 Å². The number of nitrogens with one attached hydrogen (secondary N) is 1. The first-order chi connectivity index (χ1) is 7.20. The number of carbonyl (C=O) groups is 1. The lowest BCUT2D eigenvalue weighted by Crippen LogP contribution is -2.42. The number of nitrogens with zero attached hydrogens (tertiary/aromatic N) is 2. The lowest BCUT2D eigenvalue weighted by Gasteiger charge is -2.24. The highest BCUT2D eigenvalue weighted by Gasteiger charge is 2.31. The van der Waals surface area contributed by atoms with E-state index in [9.17, 15) is 9.90 Å². The minimum atomic E-state index is -0.323. The van der Waals surface area contributed by atoms with Crippen LogP contribution in [0.4, 0.5) is 4.79 Å². The van der Waals surface area contributed by atoms with Gasteiger partial charge in [-0.05, 0) is 19.9 Å². The summed E-state index contributed by atoms with van der Waals surface area (Å²) in [6, 6.07) is 0.519. The van der Waals surface area contributed by atoms with Crippen LogP contribution in [0.2, 0.25) is 0 Å². The molecule has 0 radical (unpaired) electrons. The molecule has 0 aromatic carbocycles. The molecule has 2 atom stereocenters. The number of β-amino-alcohol motifs (C(OH)–C–C–N with tert-alkyl or cyclic N) is 1. The average Bonchev–Trinajstić information content (AvgIpc) is 2.84. The molecule has 86 valence electrons. The molecular weight excluding hydrogens is 194 g/mol. The Morgan fingerprint density at radius 2 is 1.93 bits per heavy atom. The fraction of sp³-hybridized carbons (Fsp3) is 0.900. The average molecular weight is 213 g/mol. The molecule has 0 aromatic heterocycles. The Morgan fingerprint density at radius 1 is 1.27 bits per heavy atom. The molecule has 0 bridgehead atoms. The number of aliphatic hydroxyl groups is 1. The van der Waals surface area contributed by atoms with E-state index in [0.29, 0.717) is 19.1 Å². The number of rotatable bonds is 1. The Labute approximate surface area is 90.0 Å². The van der Waals surface area contributed by atoms with Crippen LogP contribution in [0.3, 0.4) is 0 Å². The predicted molar refractivity (Wildman–Crippen MR) is 56.6 cm³/mol. The van der Waals surface area contributed by atoms with Gasteiger partial charge in [-0.1, -0.05) is 0 Å². The van der Waals surface area contributed by atoms with E-state index < -0.39 is 0 Å². The van der Waals surface area contributed by atoms with Crippen molar-refractivity contribution in [2.75, 3.05) is 33.2 Å². The normalized spacial score (nSPS) is 31.3. The third kappa shape index (κ3) is 2.23. The monoisotopic (exact) mass is 213 g/mol. The maximum absolute atomic E-state index is 12.0. The van der Waals surface area contributed by atoms with Gasteiger partial charge in [0.1, 0.15) is 0 Å². The smallest absolute Gasteiger partial charge is 0.320 e. The number of likely N-dealkylation sites (N-methyl/N-ethyl adjacent to an activating group) is 1. The molecule has 2 saturated heterocycles. The second kappa shape index (κ2) is 4.37. The highest BCUT2D eigenvalue weighted by atomic mass is 16.3. The van der Waals surface area contributed by atoms with E-state index in [2.05, 4.69) is 5.32 Å². The van der Waals surface area contributed by atoms with Crippen LogP contribution in [-0.4, -0.2) is 66.3 Å². The Hall–Kier alpha value is -0.810. The van der Waals surface area contributed by atoms with Gasteiger partial charge in [-0.25, -0.2) is 4.79 Å². The van der Waals surface area contributed by atoms with Crippen LogP contribution in [0.5, 0.6) is 0 Å². The number of aliphatic hydroxyl groups excluding tert-OH is 1. The maximum Gasteiger partial charge on any atom is 0.320 e. The molecule has 0 spiro atoms. The second-order valence-electron chi connectivity index (χ2n) is 4.39. The molecule has 2 rings (SSSR count). The van der Waals surface area contributed by atoms with Crippen LogP contribution >= 0.6 is 0 Å². The van der Waals surface area contributed by atoms with Crippen molar-refractivity contribution in [3.8, 4) is 0 Å². The summed E-state index contributed by atoms with van der Waals surface area (Å²) in [5, 5.41) is 12.6. The summed E-state index contributed by atoms with van der Waals surface area (Å²) < 4.78 is 0. The van der Waals surface area contributed by atoms with E-state index in [1.807, 2.05) is 11.9 Å². The van der Waals surface area contributed by atoms with Crippen LogP contribution in [0, 0.1) is 0 Å². The number of hydrogen-bond donors (Lipinski definition) is 2. The zero-order chi connectivity index (χ0) is 10.8. The minimum absolute atomic E-state index is 0.0873. The number of amides is 2. The quantitative estimate of drug-likeness (QED) is 0.615. The molecule has 5 nitrogen and oxygen atoms in total. The molecular formula is C10H19N3O2. The topological polar surface area (TPSA) is 55.8 Å². The Balaban J connectivity index is 1.86. The highest BCUT2D eigenvalue weighted by Crippen LogP contribution is 2.15. The lowest BCUT2D eigenvalue weighted by molar-refractivity contribution is 0.152. The van der Waals surface area contributed by atoms with Gasteiger partial charge >= 0.3 is 6.03 Å². The molecule has 0 aromatic rings. The molecule has 2 aliphatic rings. The van der Waals surface area contributed by atoms with Crippen molar-refractivity contribution in [3.63, 3.8) is 0 Å². The molecule has 2 N–H and O–H groups in total. The number of hydrogen-bond acceptors (Lipinski definition) is 3. The zero-order valence-electron chi connectivity index (χ0n) is 9.15. The maximum atomic E-state index is 12.0. The number of likely N-dealkylation sites (tertiary alicyclic amines) is 2. The predicted octanol–water partition coefficient (Wildman–Crippen LogP) is -0.533. The van der Waals surface area contributed by atoms with Gasteiger partial charge in [0.15, 0.2) is 0 Å². The van der Waals surface area contributed by atoms with Gasteiger partial charge in [0.25, 0.3) is 0 Å². The first-order valence-electron chi connectivity index (χ1n) is 5.60. The molecule has 2 fully saturated rings. The van der Waals surface area contributed by atoms with Crippen molar-refractivity contribution >= 4 is 6.03 Å². The Morgan fingerprint density at radius 3 is 2.47 bits per heavy atom. The second-order valence-corrected chi connectivity index (χ2v) is 4.39. The molecule has 0 aliphatic carbocycles. The first-order valence-corrected chi connectivity index (χ1v) is 5.60. The summed E-state index contributed by atoms with van der Waals surface area (Å²) in [5.74, 6) is 0. The van der Waals surface area contributed by atoms with Crippen LogP contribution in [0.1, 0.15) is 12.8 Å². The standard InChI is InChI=1S/C10H19N3O2/c1-11-8-2-4-12(6-8)10(15)13-5-3-9(14)7-13/h8-9,11,14H,2-7H2,1H3/t8-,9-/m0/s1. The third-order valence-electron chi connectivity index (χ3n) is 3.30. The molecule has 0 saturated carbocycles. The minimum Gasteiger partial charge on any atom is -0.391 e. The summed E-state index contributed by atoms with van der Waals surface area (Å²) in [4.78, 5) is 15.6. The summed E-state index contributed by atoms with van der Waals surface area (Å²) in [6.45, 7) is 2.82. The summed E-state index contributed by atoms with van der Waals surface area (Å²) in [6.07, 6.45) is 1.42. The lowest BCUT2D eigenvalue weighted by atomic mass is 10.3. The van der Waals surface area contributed by atoms with Crippen molar-refractivity contribution in [3.05, 3.63) is 0 Å². The number of urea groups is 1. The van der Waals surface area contributed by atoms with E-state index in [-0.39, 0.29) is 12.1 Å². The molecule has 2 heterocycles. The van der Waals surface area contributed by atoms with Gasteiger partial charge in [-0.2, -0.15) is 0 Å². The van der Waals surface area contributed by atoms with Crippen LogP contribution in [0.15, 0.2) is 0 Å². The van der Waals surface area contributed by atoms with Crippen molar-refractivity contribution < 1.29 is 9.90 Å². The first kappa shape index (κ1) is 10.7. The molecule has 2 amide bonds. The van der Waals surface area contributed by atoms with Gasteiger partial charge in [-0.15, -0.1) is 0 Å². The van der Waals surface area contributed by atoms with Crippen molar-refractivity contribution in [1.82, 2.24) is 15.1 Å². The van der Waals surface area contributed by atoms with E-state index in [4.69, 9.17) is 0 Å². The van der Waals surface area contributed by atoms with E-state index in [1.165, 1.54) is 0 Å². The van der Waals surface area contributed by atoms with Crippen molar-refractivity contribution in [2.24, 2.45) is 0 Å². The van der Waals surface area contributed by atoms with Gasteiger partial charge in [0, 0.05) is 32.2 Å². The van der Waals surface area contributed by atoms with Gasteiger partial charge in [-0.3, -0.25) is 0 Å². The highest BCUT2D eigenvalue weighted by molar-refractivity contribution is 5.75. The third-order valence-corrected chi connectivity index (χ3v) is 3.30. The molecule has 5 heteroatoms. The van der Waals surface area contributed by atoms with Gasteiger partial charge in [0.05, 0.1) is 6.10 Å². The Bertz CT molecular complexity index is 247. The van der Waals surface area contributed by atoms with E-state index in [1.54, 1.807) is 4.90 Å². The fourth-order valence-electron chi connectivity index (χ4n) is 2.29. The SMILES string of the molecule is CN[C@H]1CCN(C(=O)N2CC[C@H](O)C2)C1. The van der Waals surface area contributed by atoms with Crippen LogP contribution in [0.25, 0.3) is 0 Å². The number of carbonyl (C=O) groups excluding carboxylic acids is 1. The summed E-state index contributed by atoms with van der Waals surface area (Å²) >= 11 is 0. The van der Waals surface area contributed by atoms with E-state index >= 15 is 0 Å². The Kier molecular flexibility index (Phi) is 3.11.